The molecule has 6 aromatic rings. The maximum atomic E-state index is 4.52. The molecule has 1 aliphatic rings. The first kappa shape index (κ1) is 27.1. The molecule has 0 saturated carbocycles. The molecule has 0 amide bonds. The van der Waals surface area contributed by atoms with E-state index in [0.717, 1.165) is 30.5 Å². The SMILES string of the molecule is C=N/C(=C\C(c1ccccc1)c1cc(C2=CC=C(Cc3ccccc3)CC2)cc2c1sc1ccccc12)c1ccccc1. The third-order valence-electron chi connectivity index (χ3n) is 8.45. The average Bonchev–Trinajstić information content (AvgIpc) is 3.45. The summed E-state index contributed by atoms with van der Waals surface area (Å²) in [4.78, 5) is 4.52. The Balaban J connectivity index is 1.40. The van der Waals surface area contributed by atoms with Gasteiger partial charge in [-0.25, -0.2) is 0 Å². The van der Waals surface area contributed by atoms with Gasteiger partial charge in [-0.15, -0.1) is 11.3 Å². The van der Waals surface area contributed by atoms with Crippen molar-refractivity contribution in [1.82, 2.24) is 0 Å². The van der Waals surface area contributed by atoms with Crippen molar-refractivity contribution in [2.24, 2.45) is 4.99 Å². The van der Waals surface area contributed by atoms with E-state index in [0.29, 0.717) is 0 Å². The van der Waals surface area contributed by atoms with Gasteiger partial charge in [0.25, 0.3) is 0 Å². The van der Waals surface area contributed by atoms with E-state index in [4.69, 9.17) is 0 Å². The number of nitrogens with zero attached hydrogens (tertiary/aromatic N) is 1. The quantitative estimate of drug-likeness (QED) is 0.161. The largest absolute Gasteiger partial charge is 0.264 e. The zero-order valence-corrected chi connectivity index (χ0v) is 24.9. The summed E-state index contributed by atoms with van der Waals surface area (Å²) in [6.45, 7) is 3.97. The fraction of sp³-hybridized carbons (Fsp3) is 0.0976. The first-order valence-corrected chi connectivity index (χ1v) is 15.8. The molecular formula is C41H33NS. The normalized spacial score (nSPS) is 14.4. The van der Waals surface area contributed by atoms with E-state index < -0.39 is 0 Å². The topological polar surface area (TPSA) is 12.4 Å². The van der Waals surface area contributed by atoms with Gasteiger partial charge in [-0.1, -0.05) is 127 Å². The first-order chi connectivity index (χ1) is 21.3. The smallest absolute Gasteiger partial charge is 0.0664 e. The minimum atomic E-state index is 0.0193. The highest BCUT2D eigenvalue weighted by Gasteiger charge is 2.21. The first-order valence-electron chi connectivity index (χ1n) is 14.9. The Morgan fingerprint density at radius 3 is 2.16 bits per heavy atom. The van der Waals surface area contributed by atoms with Crippen LogP contribution in [0.5, 0.6) is 0 Å². The standard InChI is InChI=1S/C41H33NS/c1-42-39(33-17-9-4-10-18-33)28-36(32-15-7-3-8-16-32)38-27-34(26-37-35-19-11-12-20-40(35)43-41(37)38)31-23-21-30(22-24-31)25-29-13-5-2-6-14-29/h2-21,23,26-28,36H,1,22,24-25H2/b39-28-. The Morgan fingerprint density at radius 1 is 0.744 bits per heavy atom. The third kappa shape index (κ3) is 5.67. The van der Waals surface area contributed by atoms with Crippen LogP contribution >= 0.6 is 11.3 Å². The molecule has 1 unspecified atom stereocenters. The fourth-order valence-corrected chi connectivity index (χ4v) is 7.47. The van der Waals surface area contributed by atoms with Crippen molar-refractivity contribution >= 4 is 49.5 Å². The summed E-state index contributed by atoms with van der Waals surface area (Å²) in [7, 11) is 0. The molecular weight excluding hydrogens is 539 g/mol. The van der Waals surface area contributed by atoms with Gasteiger partial charge in [-0.2, -0.15) is 0 Å². The second kappa shape index (κ2) is 12.2. The summed E-state index contributed by atoms with van der Waals surface area (Å²) < 4.78 is 2.66. The molecule has 0 aliphatic heterocycles. The number of rotatable bonds is 8. The zero-order valence-electron chi connectivity index (χ0n) is 24.1. The molecule has 7 rings (SSSR count). The average molecular weight is 572 g/mol. The Hall–Kier alpha value is -4.79. The van der Waals surface area contributed by atoms with Gasteiger partial charge in [0.1, 0.15) is 0 Å². The van der Waals surface area contributed by atoms with Crippen LogP contribution in [0.1, 0.15) is 46.6 Å². The molecule has 2 heteroatoms. The van der Waals surface area contributed by atoms with E-state index in [1.54, 1.807) is 0 Å². The summed E-state index contributed by atoms with van der Waals surface area (Å²) in [5.74, 6) is 0.0193. The van der Waals surface area contributed by atoms with E-state index in [9.17, 15) is 0 Å². The molecule has 0 radical (unpaired) electrons. The van der Waals surface area contributed by atoms with Crippen LogP contribution in [-0.2, 0) is 6.42 Å². The van der Waals surface area contributed by atoms with E-state index in [2.05, 4.69) is 151 Å². The molecule has 208 valence electrons. The van der Waals surface area contributed by atoms with Crippen molar-refractivity contribution in [3.05, 3.63) is 179 Å². The van der Waals surface area contributed by atoms with Gasteiger partial charge < -0.3 is 0 Å². The monoisotopic (exact) mass is 571 g/mol. The van der Waals surface area contributed by atoms with E-state index in [-0.39, 0.29) is 5.92 Å². The molecule has 1 aromatic heterocycles. The van der Waals surface area contributed by atoms with E-state index >= 15 is 0 Å². The summed E-state index contributed by atoms with van der Waals surface area (Å²) in [5.41, 5.74) is 10.1. The Morgan fingerprint density at radius 2 is 1.44 bits per heavy atom. The number of hydrogen-bond acceptors (Lipinski definition) is 2. The van der Waals surface area contributed by atoms with Crippen molar-refractivity contribution in [2.45, 2.75) is 25.2 Å². The van der Waals surface area contributed by atoms with Crippen LogP contribution in [-0.4, -0.2) is 6.72 Å². The van der Waals surface area contributed by atoms with E-state index in [1.807, 2.05) is 17.4 Å². The predicted octanol–water partition coefficient (Wildman–Crippen LogP) is 11.3. The molecule has 43 heavy (non-hydrogen) atoms. The number of allylic oxidation sites excluding steroid dienone is 5. The third-order valence-corrected chi connectivity index (χ3v) is 9.68. The number of aliphatic imine (C=N–C) groups is 1. The molecule has 0 fully saturated rings. The summed E-state index contributed by atoms with van der Waals surface area (Å²) in [6.07, 6.45) is 10.1. The van der Waals surface area contributed by atoms with Gasteiger partial charge in [0.2, 0.25) is 0 Å². The molecule has 1 nitrogen and oxygen atoms in total. The minimum Gasteiger partial charge on any atom is -0.264 e. The Bertz CT molecular complexity index is 1990. The van der Waals surface area contributed by atoms with Crippen LogP contribution in [0.2, 0.25) is 0 Å². The molecule has 5 aromatic carbocycles. The maximum absolute atomic E-state index is 4.52. The van der Waals surface area contributed by atoms with E-state index in [1.165, 1.54) is 53.6 Å². The predicted molar refractivity (Wildman–Crippen MR) is 187 cm³/mol. The lowest BCUT2D eigenvalue weighted by molar-refractivity contribution is 0.923. The highest BCUT2D eigenvalue weighted by atomic mass is 32.1. The van der Waals surface area contributed by atoms with Crippen LogP contribution in [0.4, 0.5) is 0 Å². The van der Waals surface area contributed by atoms with Crippen LogP contribution in [0.15, 0.2) is 156 Å². The van der Waals surface area contributed by atoms with Gasteiger partial charge in [-0.05, 0) is 83.6 Å². The lowest BCUT2D eigenvalue weighted by Gasteiger charge is -2.20. The number of fused-ring (bicyclic) bond motifs is 3. The Kier molecular flexibility index (Phi) is 7.69. The van der Waals surface area contributed by atoms with Gasteiger partial charge in [0.05, 0.1) is 5.70 Å². The highest BCUT2D eigenvalue weighted by molar-refractivity contribution is 7.26. The molecule has 1 aliphatic carbocycles. The number of benzene rings is 5. The minimum absolute atomic E-state index is 0.0193. The zero-order chi connectivity index (χ0) is 29.0. The van der Waals surface area contributed by atoms with Gasteiger partial charge >= 0.3 is 0 Å². The fourth-order valence-electron chi connectivity index (χ4n) is 6.23. The van der Waals surface area contributed by atoms with Crippen molar-refractivity contribution in [3.8, 4) is 0 Å². The van der Waals surface area contributed by atoms with Gasteiger partial charge in [0, 0.05) is 26.1 Å². The van der Waals surface area contributed by atoms with Gasteiger partial charge in [0.15, 0.2) is 0 Å². The molecule has 0 N–H and O–H groups in total. The van der Waals surface area contributed by atoms with Crippen molar-refractivity contribution in [3.63, 3.8) is 0 Å². The lowest BCUT2D eigenvalue weighted by Crippen LogP contribution is -2.02. The van der Waals surface area contributed by atoms with Crippen LogP contribution in [0.25, 0.3) is 31.4 Å². The van der Waals surface area contributed by atoms with Crippen LogP contribution < -0.4 is 0 Å². The molecule has 0 saturated heterocycles. The Labute approximate surface area is 257 Å². The van der Waals surface area contributed by atoms with Gasteiger partial charge in [-0.3, -0.25) is 4.99 Å². The van der Waals surface area contributed by atoms with Crippen LogP contribution in [0.3, 0.4) is 0 Å². The van der Waals surface area contributed by atoms with Crippen molar-refractivity contribution < 1.29 is 0 Å². The number of hydrogen-bond donors (Lipinski definition) is 0. The summed E-state index contributed by atoms with van der Waals surface area (Å²) >= 11 is 1.89. The lowest BCUT2D eigenvalue weighted by atomic mass is 9.84. The molecule has 1 atom stereocenters. The second-order valence-electron chi connectivity index (χ2n) is 11.2. The van der Waals surface area contributed by atoms with Crippen molar-refractivity contribution in [1.29, 1.82) is 0 Å². The summed E-state index contributed by atoms with van der Waals surface area (Å²) in [5, 5.41) is 2.65. The maximum Gasteiger partial charge on any atom is 0.0664 e. The molecule has 0 bridgehead atoms. The molecule has 0 spiro atoms. The van der Waals surface area contributed by atoms with Crippen molar-refractivity contribution in [2.75, 3.05) is 0 Å². The number of thiophene rings is 1. The van der Waals surface area contributed by atoms with Crippen LogP contribution in [0, 0.1) is 0 Å². The highest BCUT2D eigenvalue weighted by Crippen LogP contribution is 2.44. The summed E-state index contributed by atoms with van der Waals surface area (Å²) in [6, 6.07) is 45.7. The second-order valence-corrected chi connectivity index (χ2v) is 12.2. The molecule has 1 heterocycles.